The number of rotatable bonds is 5. The first kappa shape index (κ1) is 16.8. The van der Waals surface area contributed by atoms with Crippen LogP contribution in [0.1, 0.15) is 29.3 Å². The Hall–Kier alpha value is -2.01. The fourth-order valence-corrected chi connectivity index (χ4v) is 4.48. The van der Waals surface area contributed by atoms with Crippen LogP contribution < -0.4 is 15.4 Å². The van der Waals surface area contributed by atoms with Crippen LogP contribution in [0.4, 0.5) is 10.5 Å². The van der Waals surface area contributed by atoms with Crippen molar-refractivity contribution < 1.29 is 9.53 Å². The molecule has 4 nitrogen and oxygen atoms in total. The Bertz CT molecular complexity index is 711. The summed E-state index contributed by atoms with van der Waals surface area (Å²) < 4.78 is 5.24. The minimum absolute atomic E-state index is 0.197. The van der Waals surface area contributed by atoms with Gasteiger partial charge >= 0.3 is 6.03 Å². The van der Waals surface area contributed by atoms with Gasteiger partial charge in [0, 0.05) is 11.4 Å². The Balaban J connectivity index is 1.51. The summed E-state index contributed by atoms with van der Waals surface area (Å²) >= 11 is 1.88. The fourth-order valence-electron chi connectivity index (χ4n) is 3.18. The standard InChI is InChI=1S/C19H24N2O2S/c1-13-7-8-15-14(12-24-18(15)11-13)9-10-20-19(22)21-16-5-3-4-6-17(16)23-2/h3-6,12-13H,7-11H2,1-2H3,(H2,20,21,22)/t13-/m1/s1. The number of carbonyl (C=O) groups excluding carboxylic acids is 1. The Morgan fingerprint density at radius 1 is 1.38 bits per heavy atom. The third-order valence-corrected chi connectivity index (χ3v) is 5.62. The Morgan fingerprint density at radius 3 is 3.04 bits per heavy atom. The van der Waals surface area contributed by atoms with Crippen molar-refractivity contribution in [1.29, 1.82) is 0 Å². The van der Waals surface area contributed by atoms with Crippen molar-refractivity contribution in [3.8, 4) is 5.75 Å². The highest BCUT2D eigenvalue weighted by molar-refractivity contribution is 7.10. The maximum atomic E-state index is 12.1. The van der Waals surface area contributed by atoms with Crippen molar-refractivity contribution >= 4 is 23.1 Å². The fraction of sp³-hybridized carbons (Fsp3) is 0.421. The number of thiophene rings is 1. The highest BCUT2D eigenvalue weighted by Gasteiger charge is 2.19. The van der Waals surface area contributed by atoms with Crippen molar-refractivity contribution in [2.24, 2.45) is 5.92 Å². The number of hydrogen-bond donors (Lipinski definition) is 2. The number of urea groups is 1. The number of carbonyl (C=O) groups is 1. The highest BCUT2D eigenvalue weighted by atomic mass is 32.1. The molecule has 0 aliphatic heterocycles. The molecule has 2 aromatic rings. The number of benzene rings is 1. The number of nitrogens with one attached hydrogen (secondary N) is 2. The molecule has 0 saturated carbocycles. The van der Waals surface area contributed by atoms with Gasteiger partial charge in [0.1, 0.15) is 5.75 Å². The molecular weight excluding hydrogens is 320 g/mol. The van der Waals surface area contributed by atoms with E-state index in [1.165, 1.54) is 30.4 Å². The number of ether oxygens (including phenoxy) is 1. The lowest BCUT2D eigenvalue weighted by atomic mass is 9.88. The Kier molecular flexibility index (Phi) is 5.41. The molecule has 1 aromatic carbocycles. The maximum Gasteiger partial charge on any atom is 0.319 e. The average molecular weight is 344 g/mol. The van der Waals surface area contributed by atoms with Crippen molar-refractivity contribution in [2.75, 3.05) is 19.0 Å². The molecule has 3 rings (SSSR count). The molecule has 1 heterocycles. The van der Waals surface area contributed by atoms with E-state index in [-0.39, 0.29) is 6.03 Å². The van der Waals surface area contributed by atoms with Crippen LogP contribution in [0.15, 0.2) is 29.6 Å². The zero-order valence-electron chi connectivity index (χ0n) is 14.2. The van der Waals surface area contributed by atoms with Crippen LogP contribution in [-0.4, -0.2) is 19.7 Å². The van der Waals surface area contributed by atoms with E-state index in [0.717, 1.165) is 12.3 Å². The van der Waals surface area contributed by atoms with Crippen LogP contribution in [0.25, 0.3) is 0 Å². The maximum absolute atomic E-state index is 12.1. The monoisotopic (exact) mass is 344 g/mol. The van der Waals surface area contributed by atoms with Crippen LogP contribution in [0.5, 0.6) is 5.75 Å². The molecule has 1 aliphatic rings. The first-order valence-electron chi connectivity index (χ1n) is 8.43. The molecule has 0 fully saturated rings. The average Bonchev–Trinajstić information content (AvgIpc) is 2.97. The van der Waals surface area contributed by atoms with Crippen LogP contribution in [0.3, 0.4) is 0 Å². The number of para-hydroxylation sites is 2. The molecule has 5 heteroatoms. The first-order valence-corrected chi connectivity index (χ1v) is 9.31. The SMILES string of the molecule is COc1ccccc1NC(=O)NCCc1csc2c1CC[C@@H](C)C2. The van der Waals surface area contributed by atoms with E-state index in [9.17, 15) is 4.79 Å². The minimum Gasteiger partial charge on any atom is -0.495 e. The molecule has 128 valence electrons. The van der Waals surface area contributed by atoms with Gasteiger partial charge in [-0.3, -0.25) is 0 Å². The first-order chi connectivity index (χ1) is 11.7. The van der Waals surface area contributed by atoms with Gasteiger partial charge in [-0.2, -0.15) is 0 Å². The second-order valence-corrected chi connectivity index (χ2v) is 7.31. The predicted octanol–water partition coefficient (Wildman–Crippen LogP) is 4.25. The van der Waals surface area contributed by atoms with E-state index < -0.39 is 0 Å². The zero-order chi connectivity index (χ0) is 16.9. The molecule has 0 radical (unpaired) electrons. The summed E-state index contributed by atoms with van der Waals surface area (Å²) in [6, 6.07) is 7.21. The second-order valence-electron chi connectivity index (χ2n) is 6.34. The van der Waals surface area contributed by atoms with E-state index in [0.29, 0.717) is 18.0 Å². The summed E-state index contributed by atoms with van der Waals surface area (Å²) in [4.78, 5) is 13.6. The van der Waals surface area contributed by atoms with Crippen LogP contribution in [-0.2, 0) is 19.3 Å². The third kappa shape index (κ3) is 3.90. The number of methoxy groups -OCH3 is 1. The van der Waals surface area contributed by atoms with Crippen LogP contribution in [0.2, 0.25) is 0 Å². The molecule has 2 N–H and O–H groups in total. The molecule has 24 heavy (non-hydrogen) atoms. The lowest BCUT2D eigenvalue weighted by Crippen LogP contribution is -2.30. The summed E-state index contributed by atoms with van der Waals surface area (Å²) in [5.41, 5.74) is 3.61. The Labute approximate surface area is 147 Å². The highest BCUT2D eigenvalue weighted by Crippen LogP contribution is 2.32. The van der Waals surface area contributed by atoms with Crippen molar-refractivity contribution in [2.45, 2.75) is 32.6 Å². The van der Waals surface area contributed by atoms with Gasteiger partial charge in [0.05, 0.1) is 12.8 Å². The van der Waals surface area contributed by atoms with E-state index in [2.05, 4.69) is 22.9 Å². The van der Waals surface area contributed by atoms with Gasteiger partial charge in [0.25, 0.3) is 0 Å². The molecular formula is C19H24N2O2S. The third-order valence-electron chi connectivity index (χ3n) is 4.52. The largest absolute Gasteiger partial charge is 0.495 e. The number of hydrogen-bond acceptors (Lipinski definition) is 3. The minimum atomic E-state index is -0.197. The quantitative estimate of drug-likeness (QED) is 0.852. The van der Waals surface area contributed by atoms with Gasteiger partial charge in [-0.15, -0.1) is 11.3 Å². The van der Waals surface area contributed by atoms with Gasteiger partial charge in [-0.25, -0.2) is 4.79 Å². The van der Waals surface area contributed by atoms with Crippen LogP contribution >= 0.6 is 11.3 Å². The van der Waals surface area contributed by atoms with Crippen molar-refractivity contribution in [1.82, 2.24) is 5.32 Å². The predicted molar refractivity (Wildman–Crippen MR) is 99.2 cm³/mol. The number of amides is 2. The molecule has 0 bridgehead atoms. The summed E-state index contributed by atoms with van der Waals surface area (Å²) in [6.45, 7) is 2.96. The molecule has 0 unspecified atom stereocenters. The van der Waals surface area contributed by atoms with E-state index in [1.54, 1.807) is 12.0 Å². The summed E-state index contributed by atoms with van der Waals surface area (Å²) in [5.74, 6) is 1.46. The lowest BCUT2D eigenvalue weighted by Gasteiger charge is -2.19. The van der Waals surface area contributed by atoms with Gasteiger partial charge in [0.2, 0.25) is 0 Å². The van der Waals surface area contributed by atoms with Crippen molar-refractivity contribution in [3.05, 3.63) is 45.6 Å². The molecule has 0 spiro atoms. The number of anilines is 1. The van der Waals surface area contributed by atoms with Crippen molar-refractivity contribution in [3.63, 3.8) is 0 Å². The Morgan fingerprint density at radius 2 is 2.21 bits per heavy atom. The molecule has 1 aromatic heterocycles. The van der Waals surface area contributed by atoms with E-state index >= 15 is 0 Å². The zero-order valence-corrected chi connectivity index (χ0v) is 15.0. The molecule has 2 amide bonds. The topological polar surface area (TPSA) is 50.4 Å². The van der Waals surface area contributed by atoms with Gasteiger partial charge in [-0.05, 0) is 60.2 Å². The van der Waals surface area contributed by atoms with E-state index in [4.69, 9.17) is 4.74 Å². The normalized spacial score (nSPS) is 16.3. The smallest absolute Gasteiger partial charge is 0.319 e. The van der Waals surface area contributed by atoms with Gasteiger partial charge in [-0.1, -0.05) is 19.1 Å². The summed E-state index contributed by atoms with van der Waals surface area (Å²) in [6.07, 6.45) is 4.56. The van der Waals surface area contributed by atoms with E-state index in [1.807, 2.05) is 35.6 Å². The molecule has 0 saturated heterocycles. The lowest BCUT2D eigenvalue weighted by molar-refractivity contribution is 0.252. The molecule has 1 atom stereocenters. The summed E-state index contributed by atoms with van der Waals surface area (Å²) in [5, 5.41) is 8.04. The second kappa shape index (κ2) is 7.71. The van der Waals surface area contributed by atoms with Crippen LogP contribution in [0, 0.1) is 5.92 Å². The van der Waals surface area contributed by atoms with Gasteiger partial charge < -0.3 is 15.4 Å². The number of fused-ring (bicyclic) bond motifs is 1. The molecule has 1 aliphatic carbocycles. The van der Waals surface area contributed by atoms with Gasteiger partial charge in [0.15, 0.2) is 0 Å². The summed E-state index contributed by atoms with van der Waals surface area (Å²) in [7, 11) is 1.60.